The van der Waals surface area contributed by atoms with E-state index in [9.17, 15) is 0 Å². The molecule has 128 valence electrons. The van der Waals surface area contributed by atoms with Crippen LogP contribution in [0.5, 0.6) is 0 Å². The SMILES string of the molecule is CC(C)c1nc(C(C)CC(C)(C)c2n[nH]c(C(C)C)n2)n(C)n1. The van der Waals surface area contributed by atoms with Crippen molar-refractivity contribution in [3.05, 3.63) is 23.3 Å². The van der Waals surface area contributed by atoms with Gasteiger partial charge in [-0.15, -0.1) is 0 Å². The Labute approximate surface area is 139 Å². The minimum Gasteiger partial charge on any atom is -0.263 e. The number of aromatic nitrogens is 6. The van der Waals surface area contributed by atoms with Gasteiger partial charge in [0.2, 0.25) is 0 Å². The molecule has 23 heavy (non-hydrogen) atoms. The lowest BCUT2D eigenvalue weighted by molar-refractivity contribution is 0.401. The first-order chi connectivity index (χ1) is 10.6. The Balaban J connectivity index is 2.18. The van der Waals surface area contributed by atoms with Gasteiger partial charge in [0.1, 0.15) is 11.6 Å². The Bertz CT molecular complexity index is 650. The maximum atomic E-state index is 4.72. The summed E-state index contributed by atoms with van der Waals surface area (Å²) >= 11 is 0. The predicted octanol–water partition coefficient (Wildman–Crippen LogP) is 3.65. The summed E-state index contributed by atoms with van der Waals surface area (Å²) in [5.74, 6) is 4.75. The minimum absolute atomic E-state index is 0.118. The van der Waals surface area contributed by atoms with E-state index in [4.69, 9.17) is 4.98 Å². The smallest absolute Gasteiger partial charge is 0.156 e. The van der Waals surface area contributed by atoms with Crippen molar-refractivity contribution in [3.63, 3.8) is 0 Å². The van der Waals surface area contributed by atoms with E-state index < -0.39 is 0 Å². The highest BCUT2D eigenvalue weighted by Gasteiger charge is 2.30. The molecule has 1 N–H and O–H groups in total. The molecule has 0 amide bonds. The molecule has 0 saturated carbocycles. The van der Waals surface area contributed by atoms with Gasteiger partial charge in [-0.2, -0.15) is 10.2 Å². The van der Waals surface area contributed by atoms with Crippen LogP contribution in [-0.4, -0.2) is 29.9 Å². The summed E-state index contributed by atoms with van der Waals surface area (Å²) in [7, 11) is 1.97. The van der Waals surface area contributed by atoms with Gasteiger partial charge in [-0.3, -0.25) is 9.78 Å². The van der Waals surface area contributed by atoms with E-state index in [0.717, 1.165) is 29.7 Å². The molecule has 0 aromatic carbocycles. The summed E-state index contributed by atoms with van der Waals surface area (Å²) < 4.78 is 1.91. The number of rotatable bonds is 6. The molecule has 0 spiro atoms. The quantitative estimate of drug-likeness (QED) is 0.882. The lowest BCUT2D eigenvalue weighted by Crippen LogP contribution is -2.23. The van der Waals surface area contributed by atoms with E-state index >= 15 is 0 Å². The summed E-state index contributed by atoms with van der Waals surface area (Å²) in [6.45, 7) is 15.1. The van der Waals surface area contributed by atoms with Crippen molar-refractivity contribution in [2.45, 2.75) is 78.1 Å². The van der Waals surface area contributed by atoms with Gasteiger partial charge in [0.15, 0.2) is 11.6 Å². The Kier molecular flexibility index (Phi) is 4.92. The normalized spacial score (nSPS) is 14.0. The van der Waals surface area contributed by atoms with Crippen molar-refractivity contribution in [1.82, 2.24) is 29.9 Å². The number of nitrogens with zero attached hydrogens (tertiary/aromatic N) is 5. The van der Waals surface area contributed by atoms with Crippen LogP contribution in [0.25, 0.3) is 0 Å². The van der Waals surface area contributed by atoms with E-state index in [1.807, 2.05) is 11.7 Å². The largest absolute Gasteiger partial charge is 0.263 e. The molecular formula is C17H30N6. The topological polar surface area (TPSA) is 72.3 Å². The first kappa shape index (κ1) is 17.6. The maximum absolute atomic E-state index is 4.72. The second-order valence-electron chi connectivity index (χ2n) is 7.79. The molecule has 6 nitrogen and oxygen atoms in total. The molecule has 1 unspecified atom stereocenters. The summed E-state index contributed by atoms with van der Waals surface area (Å²) in [6.07, 6.45) is 0.923. The average Bonchev–Trinajstić information content (AvgIpc) is 3.04. The monoisotopic (exact) mass is 318 g/mol. The van der Waals surface area contributed by atoms with E-state index in [0.29, 0.717) is 11.8 Å². The van der Waals surface area contributed by atoms with Gasteiger partial charge in [0.05, 0.1) is 0 Å². The van der Waals surface area contributed by atoms with E-state index in [1.165, 1.54) is 0 Å². The third-order valence-corrected chi connectivity index (χ3v) is 4.24. The average molecular weight is 318 g/mol. The maximum Gasteiger partial charge on any atom is 0.156 e. The first-order valence-electron chi connectivity index (χ1n) is 8.45. The molecule has 0 saturated heterocycles. The highest BCUT2D eigenvalue weighted by molar-refractivity contribution is 5.10. The van der Waals surface area contributed by atoms with Crippen LogP contribution in [0.2, 0.25) is 0 Å². The van der Waals surface area contributed by atoms with E-state index in [1.54, 1.807) is 0 Å². The van der Waals surface area contributed by atoms with Crippen LogP contribution >= 0.6 is 0 Å². The number of hydrogen-bond acceptors (Lipinski definition) is 4. The number of aromatic amines is 1. The third-order valence-electron chi connectivity index (χ3n) is 4.24. The van der Waals surface area contributed by atoms with Gasteiger partial charge < -0.3 is 0 Å². The van der Waals surface area contributed by atoms with Gasteiger partial charge in [-0.1, -0.05) is 48.5 Å². The summed E-state index contributed by atoms with van der Waals surface area (Å²) in [5, 5.41) is 12.0. The van der Waals surface area contributed by atoms with Crippen molar-refractivity contribution in [2.24, 2.45) is 7.05 Å². The van der Waals surface area contributed by atoms with Crippen LogP contribution in [-0.2, 0) is 12.5 Å². The molecule has 2 aromatic heterocycles. The van der Waals surface area contributed by atoms with Gasteiger partial charge >= 0.3 is 0 Å². The Hall–Kier alpha value is -1.72. The van der Waals surface area contributed by atoms with Gasteiger partial charge in [-0.25, -0.2) is 9.97 Å². The predicted molar refractivity (Wildman–Crippen MR) is 91.6 cm³/mol. The fourth-order valence-corrected chi connectivity index (χ4v) is 2.87. The minimum atomic E-state index is -0.118. The molecular weight excluding hydrogens is 288 g/mol. The van der Waals surface area contributed by atoms with Crippen LogP contribution in [0, 0.1) is 0 Å². The zero-order valence-electron chi connectivity index (χ0n) is 15.7. The van der Waals surface area contributed by atoms with Crippen molar-refractivity contribution in [2.75, 3.05) is 0 Å². The van der Waals surface area contributed by atoms with Gasteiger partial charge in [-0.05, 0) is 6.42 Å². The molecule has 0 fully saturated rings. The van der Waals surface area contributed by atoms with Crippen molar-refractivity contribution < 1.29 is 0 Å². The fourth-order valence-electron chi connectivity index (χ4n) is 2.87. The zero-order chi connectivity index (χ0) is 17.4. The lowest BCUT2D eigenvalue weighted by atomic mass is 9.82. The van der Waals surface area contributed by atoms with Crippen molar-refractivity contribution >= 4 is 0 Å². The summed E-state index contributed by atoms with van der Waals surface area (Å²) in [4.78, 5) is 9.40. The van der Waals surface area contributed by atoms with Crippen LogP contribution in [0.3, 0.4) is 0 Å². The molecule has 2 heterocycles. The second-order valence-corrected chi connectivity index (χ2v) is 7.79. The molecule has 1 atom stereocenters. The molecule has 0 aliphatic carbocycles. The fraction of sp³-hybridized carbons (Fsp3) is 0.765. The molecule has 6 heteroatoms. The third kappa shape index (κ3) is 3.79. The molecule has 0 radical (unpaired) electrons. The summed E-state index contributed by atoms with van der Waals surface area (Å²) in [5.41, 5.74) is -0.118. The second kappa shape index (κ2) is 6.42. The number of H-pyrrole nitrogens is 1. The molecule has 0 aliphatic rings. The standard InChI is InChI=1S/C17H30N6/c1-10(2)13-19-16(21-20-13)17(6,7)9-12(5)15-18-14(11(3)4)22-23(15)8/h10-12H,9H2,1-8H3,(H,19,20,21). The van der Waals surface area contributed by atoms with Crippen LogP contribution < -0.4 is 0 Å². The highest BCUT2D eigenvalue weighted by Crippen LogP contribution is 2.33. The highest BCUT2D eigenvalue weighted by atomic mass is 15.3. The number of hydrogen-bond donors (Lipinski definition) is 1. The number of nitrogens with one attached hydrogen (secondary N) is 1. The van der Waals surface area contributed by atoms with Crippen LogP contribution in [0.15, 0.2) is 0 Å². The van der Waals surface area contributed by atoms with Crippen LogP contribution in [0.4, 0.5) is 0 Å². The Morgan fingerprint density at radius 1 is 1.04 bits per heavy atom. The lowest BCUT2D eigenvalue weighted by Gasteiger charge is -2.24. The van der Waals surface area contributed by atoms with Crippen LogP contribution in [0.1, 0.15) is 95.9 Å². The van der Waals surface area contributed by atoms with Gasteiger partial charge in [0, 0.05) is 30.2 Å². The molecule has 2 rings (SSSR count). The van der Waals surface area contributed by atoms with Crippen molar-refractivity contribution in [3.8, 4) is 0 Å². The Morgan fingerprint density at radius 2 is 1.70 bits per heavy atom. The first-order valence-corrected chi connectivity index (χ1v) is 8.45. The van der Waals surface area contributed by atoms with E-state index in [2.05, 4.69) is 68.7 Å². The van der Waals surface area contributed by atoms with E-state index in [-0.39, 0.29) is 11.3 Å². The molecule has 2 aromatic rings. The zero-order valence-corrected chi connectivity index (χ0v) is 15.7. The molecule has 0 bridgehead atoms. The molecule has 0 aliphatic heterocycles. The summed E-state index contributed by atoms with van der Waals surface area (Å²) in [6, 6.07) is 0. The van der Waals surface area contributed by atoms with Crippen molar-refractivity contribution in [1.29, 1.82) is 0 Å². The number of aryl methyl sites for hydroxylation is 1. The van der Waals surface area contributed by atoms with Gasteiger partial charge in [0.25, 0.3) is 0 Å². The Morgan fingerprint density at radius 3 is 2.17 bits per heavy atom.